The predicted molar refractivity (Wildman–Crippen MR) is 95.7 cm³/mol. The Morgan fingerprint density at radius 2 is 1.92 bits per heavy atom. The van der Waals surface area contributed by atoms with Gasteiger partial charge in [-0.05, 0) is 19.1 Å². The van der Waals surface area contributed by atoms with E-state index >= 15 is 0 Å². The number of ether oxygens (including phenoxy) is 1. The summed E-state index contributed by atoms with van der Waals surface area (Å²) < 4.78 is 11.3. The first-order valence-corrected chi connectivity index (χ1v) is 8.80. The molecule has 0 unspecified atom stereocenters. The monoisotopic (exact) mass is 329 g/mol. The largest absolute Gasteiger partial charge is 0.492 e. The minimum atomic E-state index is 0.339. The summed E-state index contributed by atoms with van der Waals surface area (Å²) >= 11 is 0. The van der Waals surface area contributed by atoms with E-state index in [2.05, 4.69) is 40.8 Å². The van der Waals surface area contributed by atoms with Crippen LogP contribution in [0.4, 0.5) is 5.69 Å². The van der Waals surface area contributed by atoms with Crippen molar-refractivity contribution in [3.05, 3.63) is 42.1 Å². The first-order valence-electron chi connectivity index (χ1n) is 8.80. The third-order valence-corrected chi connectivity index (χ3v) is 4.33. The zero-order valence-electron chi connectivity index (χ0n) is 14.9. The Morgan fingerprint density at radius 3 is 2.58 bits per heavy atom. The van der Waals surface area contributed by atoms with Gasteiger partial charge in [0.05, 0.1) is 18.0 Å². The lowest BCUT2D eigenvalue weighted by atomic mass is 10.2. The van der Waals surface area contributed by atoms with Crippen LogP contribution in [-0.2, 0) is 6.54 Å². The van der Waals surface area contributed by atoms with Gasteiger partial charge in [0.25, 0.3) is 0 Å². The molecule has 1 aliphatic heterocycles. The van der Waals surface area contributed by atoms with Crippen molar-refractivity contribution in [2.75, 3.05) is 37.7 Å². The second-order valence-electron chi connectivity index (χ2n) is 6.50. The van der Waals surface area contributed by atoms with Crippen molar-refractivity contribution < 1.29 is 9.15 Å². The highest BCUT2D eigenvalue weighted by Gasteiger charge is 2.20. The van der Waals surface area contributed by atoms with E-state index in [4.69, 9.17) is 9.15 Å². The van der Waals surface area contributed by atoms with Gasteiger partial charge < -0.3 is 14.1 Å². The molecule has 130 valence electrons. The molecule has 0 aliphatic carbocycles. The van der Waals surface area contributed by atoms with Crippen LogP contribution in [0.1, 0.15) is 38.3 Å². The smallest absolute Gasteiger partial charge is 0.196 e. The lowest BCUT2D eigenvalue weighted by molar-refractivity contribution is 0.245. The van der Waals surface area contributed by atoms with Crippen LogP contribution in [0.5, 0.6) is 5.75 Å². The number of anilines is 1. The lowest BCUT2D eigenvalue weighted by Crippen LogP contribution is -2.46. The Bertz CT molecular complexity index is 646. The molecular formula is C19H27N3O2. The summed E-state index contributed by atoms with van der Waals surface area (Å²) in [4.78, 5) is 9.42. The van der Waals surface area contributed by atoms with Crippen LogP contribution >= 0.6 is 0 Å². The zero-order chi connectivity index (χ0) is 16.9. The fourth-order valence-electron chi connectivity index (χ4n) is 3.03. The van der Waals surface area contributed by atoms with Crippen LogP contribution < -0.4 is 9.64 Å². The van der Waals surface area contributed by atoms with E-state index in [-0.39, 0.29) is 0 Å². The molecule has 5 nitrogen and oxygen atoms in total. The van der Waals surface area contributed by atoms with Gasteiger partial charge in [0, 0.05) is 38.6 Å². The molecule has 1 aromatic heterocycles. The number of hydrogen-bond acceptors (Lipinski definition) is 5. The Kier molecular flexibility index (Phi) is 5.41. The van der Waals surface area contributed by atoms with Gasteiger partial charge in [-0.2, -0.15) is 0 Å². The zero-order valence-corrected chi connectivity index (χ0v) is 14.9. The molecule has 0 radical (unpaired) electrons. The maximum atomic E-state index is 5.76. The molecule has 2 aromatic rings. The van der Waals surface area contributed by atoms with E-state index in [1.807, 2.05) is 19.1 Å². The summed E-state index contributed by atoms with van der Waals surface area (Å²) in [5.74, 6) is 2.14. The minimum Gasteiger partial charge on any atom is -0.492 e. The molecule has 1 saturated heterocycles. The van der Waals surface area contributed by atoms with E-state index in [1.165, 1.54) is 5.69 Å². The van der Waals surface area contributed by atoms with Crippen molar-refractivity contribution in [2.24, 2.45) is 0 Å². The quantitative estimate of drug-likeness (QED) is 0.811. The standard InChI is InChI=1S/C19H27N3O2/c1-4-23-18-8-6-5-7-17(18)22-11-9-21(10-12-22)13-16-14-24-19(20-16)15(2)3/h5-8,14-15H,4,9-13H2,1-3H3. The number of para-hydroxylation sites is 2. The topological polar surface area (TPSA) is 41.7 Å². The molecule has 0 N–H and O–H groups in total. The van der Waals surface area contributed by atoms with Crippen molar-refractivity contribution in [3.63, 3.8) is 0 Å². The number of oxazole rings is 1. The molecule has 5 heteroatoms. The Balaban J connectivity index is 1.57. The summed E-state index contributed by atoms with van der Waals surface area (Å²) in [7, 11) is 0. The Morgan fingerprint density at radius 1 is 1.17 bits per heavy atom. The molecule has 2 heterocycles. The van der Waals surface area contributed by atoms with Crippen molar-refractivity contribution >= 4 is 5.69 Å². The average Bonchev–Trinajstić information content (AvgIpc) is 3.05. The van der Waals surface area contributed by atoms with Crippen molar-refractivity contribution in [1.29, 1.82) is 0 Å². The summed E-state index contributed by atoms with van der Waals surface area (Å²) in [6, 6.07) is 8.30. The van der Waals surface area contributed by atoms with E-state index in [0.29, 0.717) is 12.5 Å². The maximum Gasteiger partial charge on any atom is 0.196 e. The van der Waals surface area contributed by atoms with Gasteiger partial charge in [0.15, 0.2) is 5.89 Å². The highest BCUT2D eigenvalue weighted by molar-refractivity contribution is 5.58. The molecular weight excluding hydrogens is 302 g/mol. The number of aromatic nitrogens is 1. The van der Waals surface area contributed by atoms with Gasteiger partial charge in [-0.1, -0.05) is 26.0 Å². The minimum absolute atomic E-state index is 0.339. The maximum absolute atomic E-state index is 5.76. The Hall–Kier alpha value is -2.01. The molecule has 1 aliphatic rings. The molecule has 0 spiro atoms. The highest BCUT2D eigenvalue weighted by atomic mass is 16.5. The van der Waals surface area contributed by atoms with E-state index in [0.717, 1.165) is 50.1 Å². The second kappa shape index (κ2) is 7.71. The average molecular weight is 329 g/mol. The van der Waals surface area contributed by atoms with Gasteiger partial charge in [0.1, 0.15) is 12.0 Å². The first kappa shape index (κ1) is 16.8. The van der Waals surface area contributed by atoms with Crippen LogP contribution in [0.2, 0.25) is 0 Å². The number of nitrogens with zero attached hydrogens (tertiary/aromatic N) is 3. The van der Waals surface area contributed by atoms with Crippen molar-refractivity contribution in [2.45, 2.75) is 33.2 Å². The molecule has 0 amide bonds. The molecule has 0 bridgehead atoms. The van der Waals surface area contributed by atoms with Crippen molar-refractivity contribution in [3.8, 4) is 5.75 Å². The van der Waals surface area contributed by atoms with Crippen molar-refractivity contribution in [1.82, 2.24) is 9.88 Å². The first-order chi connectivity index (χ1) is 11.7. The van der Waals surface area contributed by atoms with E-state index < -0.39 is 0 Å². The van der Waals surface area contributed by atoms with Gasteiger partial charge in [0.2, 0.25) is 0 Å². The fourth-order valence-corrected chi connectivity index (χ4v) is 3.03. The predicted octanol–water partition coefficient (Wildman–Crippen LogP) is 3.52. The number of rotatable bonds is 6. The van der Waals surface area contributed by atoms with E-state index in [1.54, 1.807) is 6.26 Å². The summed E-state index contributed by atoms with van der Waals surface area (Å²) in [6.45, 7) is 11.8. The van der Waals surface area contributed by atoms with Crippen LogP contribution in [0, 0.1) is 0 Å². The van der Waals surface area contributed by atoms with Crippen LogP contribution in [0.3, 0.4) is 0 Å². The van der Waals surface area contributed by atoms with Crippen LogP contribution in [0.15, 0.2) is 34.9 Å². The number of hydrogen-bond donors (Lipinski definition) is 0. The Labute approximate surface area is 144 Å². The van der Waals surface area contributed by atoms with Crippen LogP contribution in [0.25, 0.3) is 0 Å². The third kappa shape index (κ3) is 3.90. The molecule has 24 heavy (non-hydrogen) atoms. The summed E-state index contributed by atoms with van der Waals surface area (Å²) in [6.07, 6.45) is 1.80. The van der Waals surface area contributed by atoms with Gasteiger partial charge in [-0.15, -0.1) is 0 Å². The SMILES string of the molecule is CCOc1ccccc1N1CCN(Cc2coc(C(C)C)n2)CC1. The summed E-state index contributed by atoms with van der Waals surface area (Å²) in [5.41, 5.74) is 2.23. The van der Waals surface area contributed by atoms with Gasteiger partial charge in [-0.25, -0.2) is 4.98 Å². The molecule has 0 atom stereocenters. The summed E-state index contributed by atoms with van der Waals surface area (Å²) in [5, 5.41) is 0. The normalized spacial score (nSPS) is 15.9. The van der Waals surface area contributed by atoms with Gasteiger partial charge in [-0.3, -0.25) is 4.90 Å². The fraction of sp³-hybridized carbons (Fsp3) is 0.526. The van der Waals surface area contributed by atoms with E-state index in [9.17, 15) is 0 Å². The molecule has 1 aromatic carbocycles. The highest BCUT2D eigenvalue weighted by Crippen LogP contribution is 2.29. The lowest BCUT2D eigenvalue weighted by Gasteiger charge is -2.36. The number of benzene rings is 1. The van der Waals surface area contributed by atoms with Gasteiger partial charge >= 0.3 is 0 Å². The number of piperazine rings is 1. The van der Waals surface area contributed by atoms with Crippen LogP contribution in [-0.4, -0.2) is 42.7 Å². The molecule has 0 saturated carbocycles. The second-order valence-corrected chi connectivity index (χ2v) is 6.50. The molecule has 3 rings (SSSR count). The third-order valence-electron chi connectivity index (χ3n) is 4.33. The molecule has 1 fully saturated rings.